The molecular formula is C17H20O2. The first-order valence-electron chi connectivity index (χ1n) is 6.87. The largest absolute Gasteiger partial charge is 0.384 e. The number of carbonyl (C=O) groups excluding carboxylic acids is 1. The Morgan fingerprint density at radius 3 is 2.42 bits per heavy atom. The molecule has 1 aliphatic carbocycles. The average molecular weight is 256 g/mol. The molecule has 0 saturated heterocycles. The molecule has 0 radical (unpaired) electrons. The summed E-state index contributed by atoms with van der Waals surface area (Å²) < 4.78 is 0. The van der Waals surface area contributed by atoms with E-state index in [1.807, 2.05) is 30.3 Å². The summed E-state index contributed by atoms with van der Waals surface area (Å²) in [6.45, 7) is 1.51. The van der Waals surface area contributed by atoms with Crippen LogP contribution in [0.4, 0.5) is 0 Å². The summed E-state index contributed by atoms with van der Waals surface area (Å²) in [5, 5.41) is 10.6. The van der Waals surface area contributed by atoms with E-state index in [2.05, 4.69) is 5.73 Å². The molecule has 1 aliphatic rings. The topological polar surface area (TPSA) is 37.3 Å². The quantitative estimate of drug-likeness (QED) is 0.663. The van der Waals surface area contributed by atoms with Crippen LogP contribution in [0, 0.1) is 0 Å². The predicted octanol–water partition coefficient (Wildman–Crippen LogP) is 3.51. The van der Waals surface area contributed by atoms with Gasteiger partial charge in [0, 0.05) is 0 Å². The van der Waals surface area contributed by atoms with Gasteiger partial charge in [-0.05, 0) is 31.4 Å². The Bertz CT molecular complexity index is 501. The van der Waals surface area contributed by atoms with E-state index in [1.165, 1.54) is 6.92 Å². The molecule has 0 atom stereocenters. The van der Waals surface area contributed by atoms with Gasteiger partial charge in [-0.15, -0.1) is 5.73 Å². The molecule has 0 bridgehead atoms. The standard InChI is InChI=1S/C17H20O2/c1-14(18)16(17(19)12-6-3-7-13-17)11-10-15-8-4-2-5-9-15/h2,4-5,8-10,19H,3,6-7,12-13H2,1H3. The van der Waals surface area contributed by atoms with E-state index in [4.69, 9.17) is 0 Å². The maximum atomic E-state index is 11.8. The molecule has 19 heavy (non-hydrogen) atoms. The number of hydrogen-bond acceptors (Lipinski definition) is 2. The lowest BCUT2D eigenvalue weighted by atomic mass is 9.78. The zero-order chi connectivity index (χ0) is 13.7. The highest BCUT2D eigenvalue weighted by atomic mass is 16.3. The van der Waals surface area contributed by atoms with Gasteiger partial charge in [0.2, 0.25) is 0 Å². The van der Waals surface area contributed by atoms with Crippen molar-refractivity contribution in [1.29, 1.82) is 0 Å². The first-order chi connectivity index (χ1) is 9.12. The third kappa shape index (κ3) is 3.44. The summed E-state index contributed by atoms with van der Waals surface area (Å²) in [5.41, 5.74) is 3.47. The second kappa shape index (κ2) is 6.01. The zero-order valence-electron chi connectivity index (χ0n) is 11.4. The Balaban J connectivity index is 2.35. The molecule has 2 heteroatoms. The molecule has 2 nitrogen and oxygen atoms in total. The molecule has 100 valence electrons. The van der Waals surface area contributed by atoms with Crippen molar-refractivity contribution in [3.8, 4) is 0 Å². The minimum Gasteiger partial charge on any atom is -0.384 e. The highest BCUT2D eigenvalue weighted by molar-refractivity contribution is 5.95. The molecule has 1 aromatic rings. The van der Waals surface area contributed by atoms with Crippen molar-refractivity contribution in [3.63, 3.8) is 0 Å². The third-order valence-corrected chi connectivity index (χ3v) is 3.68. The zero-order valence-corrected chi connectivity index (χ0v) is 11.4. The summed E-state index contributed by atoms with van der Waals surface area (Å²) in [6.07, 6.45) is 6.19. The van der Waals surface area contributed by atoms with Gasteiger partial charge in [-0.3, -0.25) is 4.79 Å². The second-order valence-electron chi connectivity index (χ2n) is 5.22. The molecule has 0 spiro atoms. The molecule has 0 aromatic heterocycles. The summed E-state index contributed by atoms with van der Waals surface area (Å²) in [4.78, 5) is 11.8. The number of hydrogen-bond donors (Lipinski definition) is 1. The minimum absolute atomic E-state index is 0.0865. The van der Waals surface area contributed by atoms with Crippen LogP contribution in [-0.4, -0.2) is 16.5 Å². The van der Waals surface area contributed by atoms with Gasteiger partial charge < -0.3 is 5.11 Å². The van der Waals surface area contributed by atoms with Crippen molar-refractivity contribution >= 4 is 11.9 Å². The summed E-state index contributed by atoms with van der Waals surface area (Å²) in [6, 6.07) is 9.74. The van der Waals surface area contributed by atoms with Crippen LogP contribution in [0.2, 0.25) is 0 Å². The number of Topliss-reactive ketones (excluding diaryl/α,β-unsaturated/α-hetero) is 1. The molecule has 0 unspecified atom stereocenters. The van der Waals surface area contributed by atoms with Crippen LogP contribution in [0.3, 0.4) is 0 Å². The van der Waals surface area contributed by atoms with Crippen LogP contribution in [-0.2, 0) is 4.79 Å². The molecule has 0 amide bonds. The van der Waals surface area contributed by atoms with E-state index in [9.17, 15) is 9.90 Å². The van der Waals surface area contributed by atoms with Crippen LogP contribution in [0.15, 0.2) is 41.6 Å². The predicted molar refractivity (Wildman–Crippen MR) is 76.6 cm³/mol. The van der Waals surface area contributed by atoms with Crippen molar-refractivity contribution in [2.24, 2.45) is 0 Å². The minimum atomic E-state index is -0.977. The number of rotatable bonds is 3. The SMILES string of the molecule is CC(=O)C(=C=Cc1ccccc1)C1(O)CCCCC1. The van der Waals surface area contributed by atoms with Gasteiger partial charge in [0.05, 0.1) is 5.57 Å². The highest BCUT2D eigenvalue weighted by Gasteiger charge is 2.35. The van der Waals surface area contributed by atoms with Crippen molar-refractivity contribution in [1.82, 2.24) is 0 Å². The van der Waals surface area contributed by atoms with Gasteiger partial charge in [0.25, 0.3) is 0 Å². The van der Waals surface area contributed by atoms with Gasteiger partial charge in [-0.25, -0.2) is 0 Å². The number of carbonyl (C=O) groups is 1. The lowest BCUT2D eigenvalue weighted by Gasteiger charge is -2.32. The summed E-state index contributed by atoms with van der Waals surface area (Å²) >= 11 is 0. The lowest BCUT2D eigenvalue weighted by Crippen LogP contribution is -2.36. The van der Waals surface area contributed by atoms with E-state index < -0.39 is 5.60 Å². The number of ketones is 1. The van der Waals surface area contributed by atoms with E-state index in [-0.39, 0.29) is 5.78 Å². The maximum Gasteiger partial charge on any atom is 0.166 e. The molecular weight excluding hydrogens is 236 g/mol. The van der Waals surface area contributed by atoms with Crippen LogP contribution in [0.25, 0.3) is 6.08 Å². The van der Waals surface area contributed by atoms with Gasteiger partial charge in [-0.1, -0.05) is 49.6 Å². The fourth-order valence-electron chi connectivity index (χ4n) is 2.66. The van der Waals surface area contributed by atoms with Crippen molar-refractivity contribution in [2.45, 2.75) is 44.6 Å². The van der Waals surface area contributed by atoms with Crippen LogP contribution < -0.4 is 0 Å². The molecule has 1 N–H and O–H groups in total. The molecule has 1 fully saturated rings. The fourth-order valence-corrected chi connectivity index (χ4v) is 2.66. The normalized spacial score (nSPS) is 17.4. The Morgan fingerprint density at radius 2 is 1.84 bits per heavy atom. The first-order valence-corrected chi connectivity index (χ1v) is 6.87. The van der Waals surface area contributed by atoms with Gasteiger partial charge in [0.1, 0.15) is 5.60 Å². The van der Waals surface area contributed by atoms with Crippen LogP contribution in [0.1, 0.15) is 44.6 Å². The fraction of sp³-hybridized carbons (Fsp3) is 0.412. The van der Waals surface area contributed by atoms with Gasteiger partial charge >= 0.3 is 0 Å². The maximum absolute atomic E-state index is 11.8. The third-order valence-electron chi connectivity index (χ3n) is 3.68. The van der Waals surface area contributed by atoms with Gasteiger partial charge in [-0.2, -0.15) is 0 Å². The Morgan fingerprint density at radius 1 is 1.21 bits per heavy atom. The summed E-state index contributed by atoms with van der Waals surface area (Å²) in [7, 11) is 0. The molecule has 0 heterocycles. The Labute approximate surface area is 114 Å². The highest BCUT2D eigenvalue weighted by Crippen LogP contribution is 2.34. The summed E-state index contributed by atoms with van der Waals surface area (Å²) in [5.74, 6) is -0.0865. The van der Waals surface area contributed by atoms with E-state index in [0.717, 1.165) is 24.8 Å². The first kappa shape index (κ1) is 13.8. The number of aliphatic hydroxyl groups is 1. The monoisotopic (exact) mass is 256 g/mol. The lowest BCUT2D eigenvalue weighted by molar-refractivity contribution is -0.116. The Kier molecular flexibility index (Phi) is 4.36. The molecule has 1 saturated carbocycles. The number of benzene rings is 1. The average Bonchev–Trinajstić information content (AvgIpc) is 2.40. The smallest absolute Gasteiger partial charge is 0.166 e. The Hall–Kier alpha value is -1.63. The van der Waals surface area contributed by atoms with Crippen molar-refractivity contribution in [3.05, 3.63) is 47.2 Å². The van der Waals surface area contributed by atoms with E-state index in [1.54, 1.807) is 6.08 Å². The second-order valence-corrected chi connectivity index (χ2v) is 5.22. The van der Waals surface area contributed by atoms with Crippen molar-refractivity contribution < 1.29 is 9.90 Å². The van der Waals surface area contributed by atoms with Crippen LogP contribution >= 0.6 is 0 Å². The molecule has 0 aliphatic heterocycles. The van der Waals surface area contributed by atoms with Crippen molar-refractivity contribution in [2.75, 3.05) is 0 Å². The van der Waals surface area contributed by atoms with Crippen LogP contribution in [0.5, 0.6) is 0 Å². The van der Waals surface area contributed by atoms with E-state index in [0.29, 0.717) is 18.4 Å². The van der Waals surface area contributed by atoms with Gasteiger partial charge in [0.15, 0.2) is 5.78 Å². The molecule has 1 aromatic carbocycles. The molecule has 2 rings (SSSR count). The van der Waals surface area contributed by atoms with E-state index >= 15 is 0 Å².